The smallest absolute Gasteiger partial charge is 0.475 e. The number of hydrogen-bond donors (Lipinski definition) is 2. The SMILES string of the molecule is CC(N)CC(C)(C)C.O=C(O)C(F)(F)F. The normalized spacial score (nSPS) is 13.9. The molecule has 0 heterocycles. The van der Waals surface area contributed by atoms with E-state index >= 15 is 0 Å². The van der Waals surface area contributed by atoms with Gasteiger partial charge in [0.2, 0.25) is 0 Å². The molecule has 1 atom stereocenters. The molecule has 15 heavy (non-hydrogen) atoms. The molecule has 0 aromatic heterocycles. The average molecular weight is 229 g/mol. The molecular formula is C9H18F3NO2. The molecule has 92 valence electrons. The van der Waals surface area contributed by atoms with Gasteiger partial charge in [-0.05, 0) is 18.8 Å². The highest BCUT2D eigenvalue weighted by atomic mass is 19.4. The number of rotatable bonds is 1. The molecule has 0 saturated carbocycles. The molecule has 0 aromatic carbocycles. The lowest BCUT2D eigenvalue weighted by Crippen LogP contribution is -2.22. The summed E-state index contributed by atoms with van der Waals surface area (Å²) in [5.74, 6) is -2.76. The number of carboxylic acid groups (broad SMARTS) is 1. The summed E-state index contributed by atoms with van der Waals surface area (Å²) in [4.78, 5) is 8.90. The molecular weight excluding hydrogens is 211 g/mol. The summed E-state index contributed by atoms with van der Waals surface area (Å²) < 4.78 is 31.7. The number of hydrogen-bond acceptors (Lipinski definition) is 2. The molecule has 0 saturated heterocycles. The number of halogens is 3. The van der Waals surface area contributed by atoms with Crippen molar-refractivity contribution in [3.05, 3.63) is 0 Å². The van der Waals surface area contributed by atoms with Gasteiger partial charge in [-0.25, -0.2) is 4.79 Å². The second-order valence-corrected chi connectivity index (χ2v) is 4.54. The minimum absolute atomic E-state index is 0.343. The minimum atomic E-state index is -5.08. The highest BCUT2D eigenvalue weighted by Gasteiger charge is 2.38. The molecule has 0 fully saturated rings. The van der Waals surface area contributed by atoms with Crippen molar-refractivity contribution in [2.24, 2.45) is 11.1 Å². The maximum Gasteiger partial charge on any atom is 0.490 e. The Labute approximate surface area is 87.5 Å². The van der Waals surface area contributed by atoms with Gasteiger partial charge in [-0.1, -0.05) is 20.8 Å². The van der Waals surface area contributed by atoms with Crippen LogP contribution in [0.5, 0.6) is 0 Å². The van der Waals surface area contributed by atoms with Crippen LogP contribution in [-0.4, -0.2) is 23.3 Å². The van der Waals surface area contributed by atoms with Crippen LogP contribution < -0.4 is 5.73 Å². The highest BCUT2D eigenvalue weighted by Crippen LogP contribution is 2.19. The van der Waals surface area contributed by atoms with Gasteiger partial charge >= 0.3 is 12.1 Å². The van der Waals surface area contributed by atoms with E-state index in [4.69, 9.17) is 15.6 Å². The maximum atomic E-state index is 10.6. The van der Waals surface area contributed by atoms with E-state index in [0.29, 0.717) is 11.5 Å². The van der Waals surface area contributed by atoms with E-state index in [9.17, 15) is 13.2 Å². The molecule has 6 heteroatoms. The Morgan fingerprint density at radius 3 is 1.60 bits per heavy atom. The van der Waals surface area contributed by atoms with Crippen molar-refractivity contribution in [1.29, 1.82) is 0 Å². The van der Waals surface area contributed by atoms with Crippen LogP contribution in [0, 0.1) is 5.41 Å². The zero-order chi connectivity index (χ0) is 12.9. The Morgan fingerprint density at radius 1 is 1.33 bits per heavy atom. The monoisotopic (exact) mass is 229 g/mol. The number of carbonyl (C=O) groups is 1. The topological polar surface area (TPSA) is 63.3 Å². The van der Waals surface area contributed by atoms with Crippen LogP contribution in [0.1, 0.15) is 34.1 Å². The summed E-state index contributed by atoms with van der Waals surface area (Å²) in [7, 11) is 0. The molecule has 0 aromatic rings. The highest BCUT2D eigenvalue weighted by molar-refractivity contribution is 5.73. The minimum Gasteiger partial charge on any atom is -0.475 e. The van der Waals surface area contributed by atoms with Gasteiger partial charge in [0, 0.05) is 6.04 Å². The molecule has 0 rings (SSSR count). The fourth-order valence-corrected chi connectivity index (χ4v) is 0.966. The summed E-state index contributed by atoms with van der Waals surface area (Å²) in [6.07, 6.45) is -3.98. The lowest BCUT2D eigenvalue weighted by molar-refractivity contribution is -0.192. The van der Waals surface area contributed by atoms with Crippen molar-refractivity contribution >= 4 is 5.97 Å². The molecule has 0 bridgehead atoms. The fraction of sp³-hybridized carbons (Fsp3) is 0.889. The Kier molecular flexibility index (Phi) is 6.60. The first-order valence-electron chi connectivity index (χ1n) is 4.42. The summed E-state index contributed by atoms with van der Waals surface area (Å²) in [5, 5.41) is 7.12. The van der Waals surface area contributed by atoms with Crippen molar-refractivity contribution in [2.45, 2.75) is 46.3 Å². The number of aliphatic carboxylic acids is 1. The van der Waals surface area contributed by atoms with E-state index in [-0.39, 0.29) is 0 Å². The maximum absolute atomic E-state index is 10.6. The predicted molar refractivity (Wildman–Crippen MR) is 51.4 cm³/mol. The molecule has 0 amide bonds. The molecule has 3 N–H and O–H groups in total. The van der Waals surface area contributed by atoms with Crippen LogP contribution in [0.4, 0.5) is 13.2 Å². The second-order valence-electron chi connectivity index (χ2n) is 4.54. The van der Waals surface area contributed by atoms with Crippen molar-refractivity contribution < 1.29 is 23.1 Å². The number of nitrogens with two attached hydrogens (primary N) is 1. The van der Waals surface area contributed by atoms with Gasteiger partial charge in [0.05, 0.1) is 0 Å². The molecule has 3 nitrogen and oxygen atoms in total. The van der Waals surface area contributed by atoms with Crippen LogP contribution in [-0.2, 0) is 4.79 Å². The first kappa shape index (κ1) is 16.6. The standard InChI is InChI=1S/C7H17N.C2HF3O2/c1-6(8)5-7(2,3)4;3-2(4,5)1(6)7/h6H,5,8H2,1-4H3;(H,6,7). The molecule has 0 aliphatic heterocycles. The summed E-state index contributed by atoms with van der Waals surface area (Å²) in [6.45, 7) is 8.66. The first-order chi connectivity index (χ1) is 6.36. The van der Waals surface area contributed by atoms with E-state index in [2.05, 4.69) is 20.8 Å². The van der Waals surface area contributed by atoms with Gasteiger partial charge in [-0.2, -0.15) is 13.2 Å². The number of alkyl halides is 3. The third-order valence-electron chi connectivity index (χ3n) is 1.18. The van der Waals surface area contributed by atoms with Gasteiger partial charge in [-0.3, -0.25) is 0 Å². The van der Waals surface area contributed by atoms with Crippen molar-refractivity contribution in [2.75, 3.05) is 0 Å². The molecule has 0 radical (unpaired) electrons. The van der Waals surface area contributed by atoms with Crippen molar-refractivity contribution in [3.8, 4) is 0 Å². The predicted octanol–water partition coefficient (Wildman–Crippen LogP) is 2.40. The van der Waals surface area contributed by atoms with E-state index in [1.54, 1.807) is 0 Å². The van der Waals surface area contributed by atoms with E-state index in [1.807, 2.05) is 6.92 Å². The molecule has 1 unspecified atom stereocenters. The van der Waals surface area contributed by atoms with Crippen molar-refractivity contribution in [3.63, 3.8) is 0 Å². The number of carboxylic acids is 1. The second kappa shape index (κ2) is 5.95. The lowest BCUT2D eigenvalue weighted by Gasteiger charge is -2.19. The van der Waals surface area contributed by atoms with Crippen LogP contribution in [0.2, 0.25) is 0 Å². The fourth-order valence-electron chi connectivity index (χ4n) is 0.966. The van der Waals surface area contributed by atoms with Gasteiger partial charge in [-0.15, -0.1) is 0 Å². The third kappa shape index (κ3) is 15.9. The summed E-state index contributed by atoms with van der Waals surface area (Å²) in [5.41, 5.74) is 5.98. The van der Waals surface area contributed by atoms with Gasteiger partial charge in [0.15, 0.2) is 0 Å². The van der Waals surface area contributed by atoms with E-state index in [0.717, 1.165) is 6.42 Å². The van der Waals surface area contributed by atoms with Crippen molar-refractivity contribution in [1.82, 2.24) is 0 Å². The Hall–Kier alpha value is -0.780. The quantitative estimate of drug-likeness (QED) is 0.725. The molecule has 0 spiro atoms. The van der Waals surface area contributed by atoms with Crippen LogP contribution in [0.3, 0.4) is 0 Å². The summed E-state index contributed by atoms with van der Waals surface area (Å²) in [6, 6.07) is 0.343. The molecule has 0 aliphatic carbocycles. The van der Waals surface area contributed by atoms with Gasteiger partial charge in [0.1, 0.15) is 0 Å². The molecule has 0 aliphatic rings. The zero-order valence-electron chi connectivity index (χ0n) is 9.35. The van der Waals surface area contributed by atoms with E-state index < -0.39 is 12.1 Å². The lowest BCUT2D eigenvalue weighted by atomic mass is 9.89. The van der Waals surface area contributed by atoms with E-state index in [1.165, 1.54) is 0 Å². The Bertz CT molecular complexity index is 195. The average Bonchev–Trinajstić information content (AvgIpc) is 1.78. The third-order valence-corrected chi connectivity index (χ3v) is 1.18. The van der Waals surface area contributed by atoms with Gasteiger partial charge < -0.3 is 10.8 Å². The Morgan fingerprint density at radius 2 is 1.60 bits per heavy atom. The van der Waals surface area contributed by atoms with Crippen LogP contribution in [0.25, 0.3) is 0 Å². The van der Waals surface area contributed by atoms with Gasteiger partial charge in [0.25, 0.3) is 0 Å². The van der Waals surface area contributed by atoms with Crippen LogP contribution >= 0.6 is 0 Å². The summed E-state index contributed by atoms with van der Waals surface area (Å²) >= 11 is 0. The first-order valence-corrected chi connectivity index (χ1v) is 4.42. The zero-order valence-corrected chi connectivity index (χ0v) is 9.35. The Balaban J connectivity index is 0. The largest absolute Gasteiger partial charge is 0.490 e. The van der Waals surface area contributed by atoms with Crippen LogP contribution in [0.15, 0.2) is 0 Å².